The maximum Gasteiger partial charge on any atom is 0.242 e. The Kier molecular flexibility index (Phi) is 7.98. The molecule has 4 nitrogen and oxygen atoms in total. The van der Waals surface area contributed by atoms with E-state index in [1.807, 2.05) is 20.8 Å². The van der Waals surface area contributed by atoms with Crippen LogP contribution in [0.3, 0.4) is 0 Å². The predicted octanol–water partition coefficient (Wildman–Crippen LogP) is 5.52. The van der Waals surface area contributed by atoms with Crippen LogP contribution in [0.1, 0.15) is 38.8 Å². The molecule has 0 aliphatic rings. The van der Waals surface area contributed by atoms with Gasteiger partial charge in [0.2, 0.25) is 11.8 Å². The molecule has 0 bridgehead atoms. The molecule has 0 aliphatic carbocycles. The van der Waals surface area contributed by atoms with E-state index in [1.165, 1.54) is 4.90 Å². The van der Waals surface area contributed by atoms with Gasteiger partial charge in [0.1, 0.15) is 6.04 Å². The second-order valence-corrected chi connectivity index (χ2v) is 9.26. The van der Waals surface area contributed by atoms with Crippen LogP contribution in [-0.2, 0) is 22.6 Å². The van der Waals surface area contributed by atoms with Gasteiger partial charge in [0.05, 0.1) is 6.42 Å². The van der Waals surface area contributed by atoms with E-state index in [1.54, 1.807) is 49.4 Å². The van der Waals surface area contributed by atoms with Crippen molar-refractivity contribution in [2.45, 2.75) is 52.2 Å². The minimum atomic E-state index is -0.680. The van der Waals surface area contributed by atoms with E-state index >= 15 is 0 Å². The zero-order valence-corrected chi connectivity index (χ0v) is 19.2. The predicted molar refractivity (Wildman–Crippen MR) is 120 cm³/mol. The number of benzene rings is 2. The van der Waals surface area contributed by atoms with Crippen molar-refractivity contribution in [2.75, 3.05) is 0 Å². The van der Waals surface area contributed by atoms with E-state index in [-0.39, 0.29) is 24.8 Å². The highest BCUT2D eigenvalue weighted by atomic mass is 35.5. The van der Waals surface area contributed by atoms with Crippen molar-refractivity contribution in [3.8, 4) is 0 Å². The van der Waals surface area contributed by atoms with Crippen LogP contribution in [-0.4, -0.2) is 28.3 Å². The van der Waals surface area contributed by atoms with Crippen LogP contribution in [0, 0.1) is 0 Å². The number of hydrogen-bond donors (Lipinski definition) is 1. The summed E-state index contributed by atoms with van der Waals surface area (Å²) in [5, 5.41) is 4.49. The summed E-state index contributed by atoms with van der Waals surface area (Å²) >= 11 is 18.2. The van der Waals surface area contributed by atoms with Gasteiger partial charge >= 0.3 is 0 Å². The lowest BCUT2D eigenvalue weighted by atomic mass is 10.1. The second-order valence-electron chi connectivity index (χ2n) is 7.98. The Morgan fingerprint density at radius 3 is 2.14 bits per heavy atom. The van der Waals surface area contributed by atoms with E-state index in [2.05, 4.69) is 5.32 Å². The summed E-state index contributed by atoms with van der Waals surface area (Å²) in [5.74, 6) is -0.415. The Hall–Kier alpha value is -1.75. The number of hydrogen-bond acceptors (Lipinski definition) is 2. The summed E-state index contributed by atoms with van der Waals surface area (Å²) in [5.41, 5.74) is 1.12. The first kappa shape index (κ1) is 23.5. The molecule has 0 aromatic heterocycles. The fraction of sp³-hybridized carbons (Fsp3) is 0.364. The molecule has 7 heteroatoms. The first-order chi connectivity index (χ1) is 13.5. The zero-order valence-electron chi connectivity index (χ0n) is 16.9. The van der Waals surface area contributed by atoms with E-state index in [9.17, 15) is 9.59 Å². The summed E-state index contributed by atoms with van der Waals surface area (Å²) in [6.45, 7) is 7.60. The van der Waals surface area contributed by atoms with E-state index in [4.69, 9.17) is 34.8 Å². The number of rotatable bonds is 6. The van der Waals surface area contributed by atoms with Gasteiger partial charge in [-0.3, -0.25) is 9.59 Å². The van der Waals surface area contributed by atoms with Gasteiger partial charge in [-0.05, 0) is 63.1 Å². The van der Waals surface area contributed by atoms with Crippen LogP contribution in [0.15, 0.2) is 42.5 Å². The maximum absolute atomic E-state index is 13.1. The number of halogens is 3. The highest BCUT2D eigenvalue weighted by Crippen LogP contribution is 2.24. The number of nitrogens with zero attached hydrogens (tertiary/aromatic N) is 1. The number of carbonyl (C=O) groups excluding carboxylic acids is 2. The van der Waals surface area contributed by atoms with Gasteiger partial charge in [-0.1, -0.05) is 53.0 Å². The summed E-state index contributed by atoms with van der Waals surface area (Å²) in [7, 11) is 0. The second kappa shape index (κ2) is 9.84. The van der Waals surface area contributed by atoms with Crippen molar-refractivity contribution in [2.24, 2.45) is 0 Å². The van der Waals surface area contributed by atoms with Crippen LogP contribution >= 0.6 is 34.8 Å². The molecule has 0 radical (unpaired) electrons. The molecule has 2 aromatic rings. The Labute approximate surface area is 187 Å². The van der Waals surface area contributed by atoms with Gasteiger partial charge in [0.25, 0.3) is 0 Å². The third-order valence-electron chi connectivity index (χ3n) is 4.29. The summed E-state index contributed by atoms with van der Waals surface area (Å²) in [4.78, 5) is 27.4. The molecule has 29 heavy (non-hydrogen) atoms. The fourth-order valence-electron chi connectivity index (χ4n) is 2.77. The molecule has 156 valence electrons. The third kappa shape index (κ3) is 7.22. The molecule has 1 N–H and O–H groups in total. The Balaban J connectivity index is 2.29. The normalized spacial score (nSPS) is 12.4. The topological polar surface area (TPSA) is 49.4 Å². The van der Waals surface area contributed by atoms with Gasteiger partial charge in [-0.2, -0.15) is 0 Å². The molecule has 2 rings (SSSR count). The van der Waals surface area contributed by atoms with Crippen molar-refractivity contribution in [1.29, 1.82) is 0 Å². The van der Waals surface area contributed by atoms with Crippen molar-refractivity contribution in [1.82, 2.24) is 10.2 Å². The minimum Gasteiger partial charge on any atom is -0.350 e. The SMILES string of the molecule is C[C@H](C(=O)NC(C)(C)C)N(Cc1ccc(Cl)cc1Cl)C(=O)Cc1ccc(Cl)cc1. The molecular formula is C22H25Cl3N2O2. The smallest absolute Gasteiger partial charge is 0.242 e. The maximum atomic E-state index is 13.1. The zero-order chi connectivity index (χ0) is 21.8. The molecule has 0 unspecified atom stereocenters. The summed E-state index contributed by atoms with van der Waals surface area (Å²) < 4.78 is 0. The van der Waals surface area contributed by atoms with Crippen LogP contribution < -0.4 is 5.32 Å². The number of amides is 2. The van der Waals surface area contributed by atoms with Gasteiger partial charge in [0, 0.05) is 27.2 Å². The number of carbonyl (C=O) groups is 2. The van der Waals surface area contributed by atoms with Crippen molar-refractivity contribution < 1.29 is 9.59 Å². The molecule has 0 saturated carbocycles. The van der Waals surface area contributed by atoms with Crippen molar-refractivity contribution >= 4 is 46.6 Å². The number of nitrogens with one attached hydrogen (secondary N) is 1. The first-order valence-electron chi connectivity index (χ1n) is 9.26. The van der Waals surface area contributed by atoms with Crippen LogP contribution in [0.5, 0.6) is 0 Å². The van der Waals surface area contributed by atoms with E-state index in [0.29, 0.717) is 15.1 Å². The van der Waals surface area contributed by atoms with Crippen LogP contribution in [0.25, 0.3) is 0 Å². The highest BCUT2D eigenvalue weighted by Gasteiger charge is 2.28. The average molecular weight is 456 g/mol. The van der Waals surface area contributed by atoms with Crippen LogP contribution in [0.4, 0.5) is 0 Å². The van der Waals surface area contributed by atoms with E-state index < -0.39 is 11.6 Å². The molecule has 2 aromatic carbocycles. The minimum absolute atomic E-state index is 0.148. The summed E-state index contributed by atoms with van der Waals surface area (Å²) in [6, 6.07) is 11.5. The lowest BCUT2D eigenvalue weighted by Gasteiger charge is -2.31. The molecular weight excluding hydrogens is 431 g/mol. The Morgan fingerprint density at radius 2 is 1.59 bits per heavy atom. The van der Waals surface area contributed by atoms with Gasteiger partial charge in [-0.25, -0.2) is 0 Å². The van der Waals surface area contributed by atoms with Crippen molar-refractivity contribution in [3.63, 3.8) is 0 Å². The molecule has 0 heterocycles. The standard InChI is InChI=1S/C22H25Cl3N2O2/c1-14(21(29)26-22(2,3)4)27(13-16-7-10-18(24)12-19(16)25)20(28)11-15-5-8-17(23)9-6-15/h5-10,12,14H,11,13H2,1-4H3,(H,26,29)/t14-/m1/s1. The van der Waals surface area contributed by atoms with E-state index in [0.717, 1.165) is 11.1 Å². The summed E-state index contributed by atoms with van der Waals surface area (Å²) in [6.07, 6.45) is 0.148. The first-order valence-corrected chi connectivity index (χ1v) is 10.4. The molecule has 2 amide bonds. The monoisotopic (exact) mass is 454 g/mol. The molecule has 0 spiro atoms. The molecule has 0 aliphatic heterocycles. The molecule has 1 atom stereocenters. The lowest BCUT2D eigenvalue weighted by Crippen LogP contribution is -2.52. The third-order valence-corrected chi connectivity index (χ3v) is 5.13. The highest BCUT2D eigenvalue weighted by molar-refractivity contribution is 6.35. The molecule has 0 saturated heterocycles. The van der Waals surface area contributed by atoms with Crippen LogP contribution in [0.2, 0.25) is 15.1 Å². The fourth-order valence-corrected chi connectivity index (χ4v) is 3.36. The Bertz CT molecular complexity index is 877. The van der Waals surface area contributed by atoms with Gasteiger partial charge in [-0.15, -0.1) is 0 Å². The largest absolute Gasteiger partial charge is 0.350 e. The lowest BCUT2D eigenvalue weighted by molar-refractivity contribution is -0.140. The van der Waals surface area contributed by atoms with Gasteiger partial charge in [0.15, 0.2) is 0 Å². The quantitative estimate of drug-likeness (QED) is 0.623. The Morgan fingerprint density at radius 1 is 1.00 bits per heavy atom. The molecule has 0 fully saturated rings. The van der Waals surface area contributed by atoms with Gasteiger partial charge < -0.3 is 10.2 Å². The average Bonchev–Trinajstić information content (AvgIpc) is 2.61. The van der Waals surface area contributed by atoms with Crippen molar-refractivity contribution in [3.05, 3.63) is 68.7 Å².